The smallest absolute Gasteiger partial charge is 0.230 e. The molecular weight excluding hydrogens is 268 g/mol. The molecule has 1 atom stereocenters. The second-order valence-corrected chi connectivity index (χ2v) is 5.54. The number of benzene rings is 2. The largest absolute Gasteiger partial charge is 0.398 e. The number of thioether (sulfide) groups is 1. The lowest BCUT2D eigenvalue weighted by atomic mass is 10.1. The molecule has 1 amide bonds. The third-order valence-corrected chi connectivity index (χ3v) is 4.04. The van der Waals surface area contributed by atoms with E-state index in [0.29, 0.717) is 11.4 Å². The Labute approximate surface area is 123 Å². The molecule has 3 N–H and O–H groups in total. The first kappa shape index (κ1) is 14.5. The molecule has 2 rings (SSSR count). The fourth-order valence-corrected chi connectivity index (χ4v) is 2.64. The van der Waals surface area contributed by atoms with Crippen LogP contribution in [0, 0.1) is 0 Å². The molecule has 0 aromatic heterocycles. The van der Waals surface area contributed by atoms with Gasteiger partial charge in [0.2, 0.25) is 5.91 Å². The Hall–Kier alpha value is -1.94. The van der Waals surface area contributed by atoms with E-state index in [2.05, 4.69) is 5.32 Å². The number of amides is 1. The number of nitrogens with one attached hydrogen (secondary N) is 1. The van der Waals surface area contributed by atoms with Crippen LogP contribution in [-0.2, 0) is 4.79 Å². The topological polar surface area (TPSA) is 55.1 Å². The van der Waals surface area contributed by atoms with Crippen LogP contribution < -0.4 is 11.1 Å². The quantitative estimate of drug-likeness (QED) is 0.655. The summed E-state index contributed by atoms with van der Waals surface area (Å²) >= 11 is 1.46. The molecule has 0 aliphatic heterocycles. The molecule has 104 valence electrons. The molecule has 4 heteroatoms. The maximum absolute atomic E-state index is 11.9. The molecule has 2 aromatic carbocycles. The lowest BCUT2D eigenvalue weighted by molar-refractivity contribution is -0.119. The summed E-state index contributed by atoms with van der Waals surface area (Å²) in [6, 6.07) is 17.5. The van der Waals surface area contributed by atoms with Gasteiger partial charge in [0, 0.05) is 10.6 Å². The highest BCUT2D eigenvalue weighted by molar-refractivity contribution is 8.00. The number of hydrogen-bond donors (Lipinski definition) is 2. The monoisotopic (exact) mass is 286 g/mol. The lowest BCUT2D eigenvalue weighted by Crippen LogP contribution is -2.28. The molecular formula is C16H18N2OS. The summed E-state index contributed by atoms with van der Waals surface area (Å²) in [4.78, 5) is 12.9. The van der Waals surface area contributed by atoms with Gasteiger partial charge < -0.3 is 11.1 Å². The van der Waals surface area contributed by atoms with Crippen LogP contribution in [0.4, 0.5) is 5.69 Å². The van der Waals surface area contributed by atoms with Gasteiger partial charge >= 0.3 is 0 Å². The second kappa shape index (κ2) is 7.01. The van der Waals surface area contributed by atoms with Gasteiger partial charge in [0.1, 0.15) is 0 Å². The molecule has 0 heterocycles. The number of carbonyl (C=O) groups excluding carboxylic acids is 1. The van der Waals surface area contributed by atoms with Gasteiger partial charge in [0.15, 0.2) is 0 Å². The summed E-state index contributed by atoms with van der Waals surface area (Å²) in [6.07, 6.45) is 0. The highest BCUT2D eigenvalue weighted by Crippen LogP contribution is 2.24. The average Bonchev–Trinajstić information content (AvgIpc) is 2.47. The average molecular weight is 286 g/mol. The number of anilines is 1. The van der Waals surface area contributed by atoms with Gasteiger partial charge in [-0.25, -0.2) is 0 Å². The third kappa shape index (κ3) is 4.03. The zero-order valence-electron chi connectivity index (χ0n) is 11.4. The molecule has 20 heavy (non-hydrogen) atoms. The molecule has 0 aliphatic rings. The van der Waals surface area contributed by atoms with E-state index in [9.17, 15) is 4.79 Å². The maximum Gasteiger partial charge on any atom is 0.230 e. The van der Waals surface area contributed by atoms with E-state index in [-0.39, 0.29) is 11.9 Å². The van der Waals surface area contributed by atoms with Crippen LogP contribution in [0.1, 0.15) is 18.5 Å². The van der Waals surface area contributed by atoms with Crippen LogP contribution in [-0.4, -0.2) is 11.7 Å². The minimum atomic E-state index is 0.00889. The number of para-hydroxylation sites is 1. The van der Waals surface area contributed by atoms with Crippen molar-refractivity contribution in [3.05, 3.63) is 60.2 Å². The van der Waals surface area contributed by atoms with Crippen LogP contribution >= 0.6 is 11.8 Å². The zero-order valence-corrected chi connectivity index (χ0v) is 12.2. The SMILES string of the molecule is CC(NC(=O)CSc1ccccc1N)c1ccccc1. The lowest BCUT2D eigenvalue weighted by Gasteiger charge is -2.14. The Morgan fingerprint density at radius 3 is 2.50 bits per heavy atom. The highest BCUT2D eigenvalue weighted by Gasteiger charge is 2.10. The van der Waals surface area contributed by atoms with Crippen LogP contribution in [0.15, 0.2) is 59.5 Å². The Morgan fingerprint density at radius 1 is 1.15 bits per heavy atom. The van der Waals surface area contributed by atoms with Crippen molar-refractivity contribution in [1.82, 2.24) is 5.32 Å². The van der Waals surface area contributed by atoms with Crippen molar-refractivity contribution < 1.29 is 4.79 Å². The molecule has 0 spiro atoms. The van der Waals surface area contributed by atoms with E-state index < -0.39 is 0 Å². The van der Waals surface area contributed by atoms with E-state index in [1.165, 1.54) is 11.8 Å². The second-order valence-electron chi connectivity index (χ2n) is 4.53. The summed E-state index contributed by atoms with van der Waals surface area (Å²) in [5, 5.41) is 2.99. The van der Waals surface area contributed by atoms with Crippen molar-refractivity contribution in [2.45, 2.75) is 17.9 Å². The minimum Gasteiger partial charge on any atom is -0.398 e. The van der Waals surface area contributed by atoms with Gasteiger partial charge in [0.25, 0.3) is 0 Å². The maximum atomic E-state index is 11.9. The number of carbonyl (C=O) groups is 1. The van der Waals surface area contributed by atoms with Gasteiger partial charge in [-0.2, -0.15) is 0 Å². The number of rotatable bonds is 5. The summed E-state index contributed by atoms with van der Waals surface area (Å²) in [5.74, 6) is 0.375. The molecule has 0 saturated carbocycles. The molecule has 1 unspecified atom stereocenters. The molecule has 2 aromatic rings. The van der Waals surface area contributed by atoms with Crippen LogP contribution in [0.25, 0.3) is 0 Å². The Morgan fingerprint density at radius 2 is 1.80 bits per heavy atom. The van der Waals surface area contributed by atoms with Gasteiger partial charge in [-0.3, -0.25) is 4.79 Å². The molecule has 0 bridgehead atoms. The van der Waals surface area contributed by atoms with Gasteiger partial charge in [-0.1, -0.05) is 42.5 Å². The molecule has 0 fully saturated rings. The highest BCUT2D eigenvalue weighted by atomic mass is 32.2. The summed E-state index contributed by atoms with van der Waals surface area (Å²) in [6.45, 7) is 1.98. The van der Waals surface area contributed by atoms with Crippen LogP contribution in [0.2, 0.25) is 0 Å². The molecule has 0 saturated heterocycles. The van der Waals surface area contributed by atoms with Crippen LogP contribution in [0.3, 0.4) is 0 Å². The molecule has 0 radical (unpaired) electrons. The number of nitrogens with two attached hydrogens (primary N) is 1. The van der Waals surface area contributed by atoms with E-state index in [4.69, 9.17) is 5.73 Å². The Balaban J connectivity index is 1.86. The zero-order chi connectivity index (χ0) is 14.4. The first-order chi connectivity index (χ1) is 9.66. The first-order valence-electron chi connectivity index (χ1n) is 6.48. The Kier molecular flexibility index (Phi) is 5.07. The Bertz CT molecular complexity index is 572. The van der Waals surface area contributed by atoms with E-state index in [1.54, 1.807) is 0 Å². The molecule has 3 nitrogen and oxygen atoms in total. The minimum absolute atomic E-state index is 0.00889. The summed E-state index contributed by atoms with van der Waals surface area (Å²) < 4.78 is 0. The van der Waals surface area contributed by atoms with Crippen LogP contribution in [0.5, 0.6) is 0 Å². The van der Waals surface area contributed by atoms with Crippen molar-refractivity contribution in [1.29, 1.82) is 0 Å². The number of nitrogen functional groups attached to an aromatic ring is 1. The third-order valence-electron chi connectivity index (χ3n) is 2.95. The predicted molar refractivity (Wildman–Crippen MR) is 84.6 cm³/mol. The van der Waals surface area contributed by atoms with E-state index in [1.807, 2.05) is 61.5 Å². The van der Waals surface area contributed by atoms with Crippen molar-refractivity contribution in [3.8, 4) is 0 Å². The van der Waals surface area contributed by atoms with Crippen molar-refractivity contribution in [2.24, 2.45) is 0 Å². The normalized spacial score (nSPS) is 11.8. The predicted octanol–water partition coefficient (Wildman–Crippen LogP) is 3.24. The van der Waals surface area contributed by atoms with Crippen molar-refractivity contribution in [3.63, 3.8) is 0 Å². The fraction of sp³-hybridized carbons (Fsp3) is 0.188. The van der Waals surface area contributed by atoms with E-state index in [0.717, 1.165) is 10.5 Å². The fourth-order valence-electron chi connectivity index (χ4n) is 1.86. The van der Waals surface area contributed by atoms with E-state index >= 15 is 0 Å². The van der Waals surface area contributed by atoms with Crippen molar-refractivity contribution in [2.75, 3.05) is 11.5 Å². The van der Waals surface area contributed by atoms with Gasteiger partial charge in [-0.15, -0.1) is 11.8 Å². The summed E-state index contributed by atoms with van der Waals surface area (Å²) in [7, 11) is 0. The first-order valence-corrected chi connectivity index (χ1v) is 7.47. The number of hydrogen-bond acceptors (Lipinski definition) is 3. The van der Waals surface area contributed by atoms with Gasteiger partial charge in [-0.05, 0) is 24.6 Å². The standard InChI is InChI=1S/C16H18N2OS/c1-12(13-7-3-2-4-8-13)18-16(19)11-20-15-10-6-5-9-14(15)17/h2-10,12H,11,17H2,1H3,(H,18,19). The van der Waals surface area contributed by atoms with Gasteiger partial charge in [0.05, 0.1) is 11.8 Å². The summed E-state index contributed by atoms with van der Waals surface area (Å²) in [5.41, 5.74) is 7.66. The molecule has 0 aliphatic carbocycles. The van der Waals surface area contributed by atoms with Crippen molar-refractivity contribution >= 4 is 23.4 Å².